The van der Waals surface area contributed by atoms with Gasteiger partial charge in [0.25, 0.3) is 5.92 Å². The molecule has 11 heavy (non-hydrogen) atoms. The predicted octanol–water partition coefficient (Wildman–Crippen LogP) is 2.98. The van der Waals surface area contributed by atoms with Gasteiger partial charge in [0.1, 0.15) is 5.16 Å². The monoisotopic (exact) mass is 179 g/mol. The summed E-state index contributed by atoms with van der Waals surface area (Å²) in [6.45, 7) is 6.91. The summed E-state index contributed by atoms with van der Waals surface area (Å²) in [7, 11) is 0. The molecular weight excluding hydrogens is 172 g/mol. The molecule has 0 bridgehead atoms. The Labute approximate surface area is 69.1 Å². The lowest BCUT2D eigenvalue weighted by Crippen LogP contribution is -2.10. The zero-order valence-corrected chi connectivity index (χ0v) is 6.83. The standard InChI is InChI=1S/C7H8ClF2N/c1-5(7(2,9)10)4-6(8)11-3/h4H,1,3H2,2H3/b6-4-. The highest BCUT2D eigenvalue weighted by Gasteiger charge is 2.23. The van der Waals surface area contributed by atoms with Crippen LogP contribution in [0, 0.1) is 0 Å². The summed E-state index contributed by atoms with van der Waals surface area (Å²) < 4.78 is 24.7. The van der Waals surface area contributed by atoms with E-state index < -0.39 is 5.92 Å². The van der Waals surface area contributed by atoms with Gasteiger partial charge >= 0.3 is 0 Å². The lowest BCUT2D eigenvalue weighted by atomic mass is 10.2. The zero-order valence-electron chi connectivity index (χ0n) is 6.07. The molecule has 0 aliphatic rings. The van der Waals surface area contributed by atoms with E-state index in [1.165, 1.54) is 0 Å². The molecule has 0 aromatic carbocycles. The third-order valence-electron chi connectivity index (χ3n) is 1.01. The molecule has 0 saturated heterocycles. The summed E-state index contributed by atoms with van der Waals surface area (Å²) in [5, 5.41) is -0.0866. The largest absolute Gasteiger partial charge is 0.270 e. The molecule has 0 atom stereocenters. The van der Waals surface area contributed by atoms with Gasteiger partial charge in [0.2, 0.25) is 0 Å². The van der Waals surface area contributed by atoms with Gasteiger partial charge in [-0.05, 0) is 12.8 Å². The van der Waals surface area contributed by atoms with Crippen molar-refractivity contribution < 1.29 is 8.78 Å². The molecule has 0 rings (SSSR count). The van der Waals surface area contributed by atoms with Gasteiger partial charge in [-0.25, -0.2) is 8.78 Å². The van der Waals surface area contributed by atoms with Crippen LogP contribution in [0.15, 0.2) is 28.4 Å². The Kier molecular flexibility index (Phi) is 3.39. The molecule has 0 aliphatic carbocycles. The average Bonchev–Trinajstić information content (AvgIpc) is 1.85. The minimum atomic E-state index is -2.95. The van der Waals surface area contributed by atoms with Gasteiger partial charge in [-0.3, -0.25) is 4.99 Å². The molecule has 0 radical (unpaired) electrons. The first-order valence-electron chi connectivity index (χ1n) is 2.79. The zero-order chi connectivity index (χ0) is 9.07. The van der Waals surface area contributed by atoms with Crippen molar-refractivity contribution in [3.05, 3.63) is 23.4 Å². The molecule has 0 spiro atoms. The quantitative estimate of drug-likeness (QED) is 0.359. The van der Waals surface area contributed by atoms with Gasteiger partial charge in [0.15, 0.2) is 0 Å². The lowest BCUT2D eigenvalue weighted by molar-refractivity contribution is 0.0679. The molecule has 0 N–H and O–H groups in total. The van der Waals surface area contributed by atoms with Gasteiger partial charge in [0.05, 0.1) is 0 Å². The molecule has 0 heterocycles. The SMILES string of the molecule is C=N/C(Cl)=C\C(=C)C(C)(F)F. The number of halogens is 3. The summed E-state index contributed by atoms with van der Waals surface area (Å²) >= 11 is 5.30. The Bertz CT molecular complexity index is 203. The van der Waals surface area contributed by atoms with Crippen molar-refractivity contribution >= 4 is 18.3 Å². The maximum Gasteiger partial charge on any atom is 0.270 e. The van der Waals surface area contributed by atoms with E-state index in [9.17, 15) is 8.78 Å². The molecule has 62 valence electrons. The number of hydrogen-bond donors (Lipinski definition) is 0. The third kappa shape index (κ3) is 3.88. The smallest absolute Gasteiger partial charge is 0.252 e. The second-order valence-electron chi connectivity index (χ2n) is 2.04. The minimum absolute atomic E-state index is 0.0866. The third-order valence-corrected chi connectivity index (χ3v) is 1.24. The Morgan fingerprint density at radius 1 is 1.64 bits per heavy atom. The van der Waals surface area contributed by atoms with E-state index in [0.29, 0.717) is 0 Å². The number of alkyl halides is 2. The maximum absolute atomic E-state index is 12.3. The first-order valence-corrected chi connectivity index (χ1v) is 3.17. The highest BCUT2D eigenvalue weighted by Crippen LogP contribution is 2.24. The fourth-order valence-electron chi connectivity index (χ4n) is 0.316. The summed E-state index contributed by atoms with van der Waals surface area (Å²) in [6.07, 6.45) is 0.981. The van der Waals surface area contributed by atoms with Crippen LogP contribution >= 0.6 is 11.6 Å². The summed E-state index contributed by atoms with van der Waals surface area (Å²) in [6, 6.07) is 0. The Hall–Kier alpha value is -0.700. The van der Waals surface area contributed by atoms with Crippen LogP contribution < -0.4 is 0 Å². The van der Waals surface area contributed by atoms with Crippen LogP contribution in [-0.4, -0.2) is 12.6 Å². The predicted molar refractivity (Wildman–Crippen MR) is 43.2 cm³/mol. The molecule has 0 fully saturated rings. The minimum Gasteiger partial charge on any atom is -0.252 e. The van der Waals surface area contributed by atoms with Gasteiger partial charge in [-0.15, -0.1) is 0 Å². The molecule has 4 heteroatoms. The van der Waals surface area contributed by atoms with Crippen molar-refractivity contribution in [1.82, 2.24) is 0 Å². The molecule has 0 saturated carbocycles. The number of allylic oxidation sites excluding steroid dienone is 2. The number of rotatable bonds is 3. The van der Waals surface area contributed by atoms with Crippen LogP contribution in [-0.2, 0) is 0 Å². The number of hydrogen-bond acceptors (Lipinski definition) is 1. The number of aliphatic imine (C=N–C) groups is 1. The van der Waals surface area contributed by atoms with Crippen molar-refractivity contribution in [2.45, 2.75) is 12.8 Å². The van der Waals surface area contributed by atoms with E-state index in [-0.39, 0.29) is 10.7 Å². The van der Waals surface area contributed by atoms with Crippen molar-refractivity contribution in [2.75, 3.05) is 0 Å². The van der Waals surface area contributed by atoms with Crippen molar-refractivity contribution in [3.63, 3.8) is 0 Å². The Morgan fingerprint density at radius 2 is 2.09 bits per heavy atom. The summed E-state index contributed by atoms with van der Waals surface area (Å²) in [4.78, 5) is 3.22. The Balaban J connectivity index is 4.42. The normalized spacial score (nSPS) is 12.9. The van der Waals surface area contributed by atoms with Crippen LogP contribution in [0.3, 0.4) is 0 Å². The van der Waals surface area contributed by atoms with Crippen molar-refractivity contribution in [1.29, 1.82) is 0 Å². The highest BCUT2D eigenvalue weighted by atomic mass is 35.5. The highest BCUT2D eigenvalue weighted by molar-refractivity contribution is 6.29. The molecule has 0 aromatic rings. The molecule has 0 amide bonds. The fraction of sp³-hybridized carbons (Fsp3) is 0.286. The van der Waals surface area contributed by atoms with Crippen LogP contribution in [0.4, 0.5) is 8.78 Å². The van der Waals surface area contributed by atoms with Crippen LogP contribution in [0.5, 0.6) is 0 Å². The van der Waals surface area contributed by atoms with Crippen molar-refractivity contribution in [3.8, 4) is 0 Å². The molecule has 0 aromatic heterocycles. The van der Waals surface area contributed by atoms with E-state index in [1.807, 2.05) is 0 Å². The van der Waals surface area contributed by atoms with Crippen LogP contribution in [0.2, 0.25) is 0 Å². The molecular formula is C7H8ClF2N. The molecule has 1 nitrogen and oxygen atoms in total. The first kappa shape index (κ1) is 10.3. The van der Waals surface area contributed by atoms with Crippen molar-refractivity contribution in [2.24, 2.45) is 4.99 Å². The van der Waals surface area contributed by atoms with Crippen LogP contribution in [0.1, 0.15) is 6.92 Å². The fourth-order valence-corrected chi connectivity index (χ4v) is 0.448. The van der Waals surface area contributed by atoms with E-state index in [1.54, 1.807) is 0 Å². The summed E-state index contributed by atoms with van der Waals surface area (Å²) in [5.74, 6) is -2.95. The topological polar surface area (TPSA) is 12.4 Å². The van der Waals surface area contributed by atoms with E-state index in [0.717, 1.165) is 13.0 Å². The van der Waals surface area contributed by atoms with E-state index in [2.05, 4.69) is 18.3 Å². The molecule has 0 aliphatic heterocycles. The first-order chi connectivity index (χ1) is 4.88. The molecule has 0 unspecified atom stereocenters. The van der Waals surface area contributed by atoms with E-state index >= 15 is 0 Å². The van der Waals surface area contributed by atoms with Gasteiger partial charge < -0.3 is 0 Å². The van der Waals surface area contributed by atoms with Gasteiger partial charge in [-0.2, -0.15) is 0 Å². The van der Waals surface area contributed by atoms with Gasteiger partial charge in [-0.1, -0.05) is 18.2 Å². The maximum atomic E-state index is 12.3. The lowest BCUT2D eigenvalue weighted by Gasteiger charge is -2.08. The average molecular weight is 180 g/mol. The Morgan fingerprint density at radius 3 is 2.36 bits per heavy atom. The second-order valence-corrected chi connectivity index (χ2v) is 2.43. The summed E-state index contributed by atoms with van der Waals surface area (Å²) in [5.41, 5.74) is -0.380. The van der Waals surface area contributed by atoms with E-state index in [4.69, 9.17) is 11.6 Å². The van der Waals surface area contributed by atoms with Crippen LogP contribution in [0.25, 0.3) is 0 Å². The van der Waals surface area contributed by atoms with Gasteiger partial charge in [0, 0.05) is 12.5 Å². The number of nitrogens with zero attached hydrogens (tertiary/aromatic N) is 1. The second kappa shape index (κ2) is 3.62.